The van der Waals surface area contributed by atoms with Crippen molar-refractivity contribution in [1.29, 1.82) is 0 Å². The molecule has 0 bridgehead atoms. The number of nitrogens with zero attached hydrogens (tertiary/aromatic N) is 2. The number of fused-ring (bicyclic) bond motifs is 1. The third-order valence-electron chi connectivity index (χ3n) is 4.14. The highest BCUT2D eigenvalue weighted by Gasteiger charge is 2.20. The van der Waals surface area contributed by atoms with Crippen LogP contribution < -0.4 is 5.73 Å². The Morgan fingerprint density at radius 2 is 1.84 bits per heavy atom. The van der Waals surface area contributed by atoms with Gasteiger partial charge >= 0.3 is 0 Å². The van der Waals surface area contributed by atoms with Gasteiger partial charge < -0.3 is 10.5 Å². The summed E-state index contributed by atoms with van der Waals surface area (Å²) >= 11 is 0. The van der Waals surface area contributed by atoms with Crippen molar-refractivity contribution in [2.24, 2.45) is 0 Å². The van der Waals surface area contributed by atoms with Crippen molar-refractivity contribution < 1.29 is 4.74 Å². The number of morpholine rings is 1. The number of hydrogen-bond acceptors (Lipinski definition) is 4. The summed E-state index contributed by atoms with van der Waals surface area (Å²) in [4.78, 5) is 5.00. The molecule has 1 aromatic carbocycles. The maximum atomic E-state index is 6.03. The Balaban J connectivity index is 1.44. The fourth-order valence-corrected chi connectivity index (χ4v) is 3.02. The van der Waals surface area contributed by atoms with Gasteiger partial charge in [0.15, 0.2) is 0 Å². The second-order valence-electron chi connectivity index (χ2n) is 5.50. The van der Waals surface area contributed by atoms with E-state index >= 15 is 0 Å². The smallest absolute Gasteiger partial charge is 0.0594 e. The summed E-state index contributed by atoms with van der Waals surface area (Å²) in [5.74, 6) is 0. The van der Waals surface area contributed by atoms with E-state index in [1.165, 1.54) is 24.1 Å². The number of ether oxygens (including phenoxy) is 1. The van der Waals surface area contributed by atoms with Gasteiger partial charge in [-0.2, -0.15) is 0 Å². The third-order valence-corrected chi connectivity index (χ3v) is 4.14. The normalized spacial score (nSPS) is 20.6. The van der Waals surface area contributed by atoms with Crippen molar-refractivity contribution in [1.82, 2.24) is 9.80 Å². The molecule has 1 aromatic rings. The molecule has 4 heteroatoms. The van der Waals surface area contributed by atoms with Crippen LogP contribution >= 0.6 is 0 Å². The molecule has 0 radical (unpaired) electrons. The Kier molecular flexibility index (Phi) is 4.01. The minimum atomic E-state index is 0.895. The topological polar surface area (TPSA) is 41.7 Å². The van der Waals surface area contributed by atoms with Gasteiger partial charge in [0.1, 0.15) is 0 Å². The highest BCUT2D eigenvalue weighted by molar-refractivity contribution is 5.52. The third kappa shape index (κ3) is 3.08. The molecule has 0 amide bonds. The lowest BCUT2D eigenvalue weighted by Crippen LogP contribution is -2.37. The number of nitrogen functional groups attached to an aromatic ring is 1. The Bertz CT molecular complexity index is 429. The zero-order valence-electron chi connectivity index (χ0n) is 11.5. The van der Waals surface area contributed by atoms with E-state index in [0.717, 1.165) is 51.6 Å². The highest BCUT2D eigenvalue weighted by Crippen LogP contribution is 2.27. The van der Waals surface area contributed by atoms with Crippen LogP contribution in [0, 0.1) is 0 Å². The van der Waals surface area contributed by atoms with Crippen molar-refractivity contribution in [3.63, 3.8) is 0 Å². The van der Waals surface area contributed by atoms with E-state index in [2.05, 4.69) is 21.9 Å². The number of nitrogens with two attached hydrogens (primary N) is 1. The maximum absolute atomic E-state index is 6.03. The van der Waals surface area contributed by atoms with Crippen molar-refractivity contribution in [2.75, 3.05) is 45.1 Å². The zero-order chi connectivity index (χ0) is 13.1. The van der Waals surface area contributed by atoms with E-state index in [1.54, 1.807) is 0 Å². The summed E-state index contributed by atoms with van der Waals surface area (Å²) in [5.41, 5.74) is 9.73. The fraction of sp³-hybridized carbons (Fsp3) is 0.600. The first-order valence-electron chi connectivity index (χ1n) is 7.21. The van der Waals surface area contributed by atoms with E-state index in [-0.39, 0.29) is 0 Å². The SMILES string of the molecule is Nc1cccc2c1CN(CCCN1CCOCC1)C2. The second-order valence-corrected chi connectivity index (χ2v) is 5.50. The molecule has 2 aliphatic rings. The van der Waals surface area contributed by atoms with Crippen molar-refractivity contribution in [3.8, 4) is 0 Å². The monoisotopic (exact) mass is 261 g/mol. The number of rotatable bonds is 4. The van der Waals surface area contributed by atoms with Crippen LogP contribution in [0.15, 0.2) is 18.2 Å². The minimum absolute atomic E-state index is 0.895. The van der Waals surface area contributed by atoms with Crippen molar-refractivity contribution >= 4 is 5.69 Å². The molecular weight excluding hydrogens is 238 g/mol. The lowest BCUT2D eigenvalue weighted by molar-refractivity contribution is 0.0360. The fourth-order valence-electron chi connectivity index (χ4n) is 3.02. The van der Waals surface area contributed by atoms with Crippen LogP contribution in [0.4, 0.5) is 5.69 Å². The number of benzene rings is 1. The summed E-state index contributed by atoms with van der Waals surface area (Å²) in [6.45, 7) is 8.39. The van der Waals surface area contributed by atoms with Gasteiger partial charge in [0.05, 0.1) is 13.2 Å². The Labute approximate surface area is 115 Å². The van der Waals surface area contributed by atoms with Crippen LogP contribution in [-0.4, -0.2) is 49.2 Å². The highest BCUT2D eigenvalue weighted by atomic mass is 16.5. The molecule has 0 aromatic heterocycles. The van der Waals surface area contributed by atoms with Gasteiger partial charge in [-0.15, -0.1) is 0 Å². The maximum Gasteiger partial charge on any atom is 0.0594 e. The van der Waals surface area contributed by atoms with Crippen LogP contribution in [-0.2, 0) is 17.8 Å². The first kappa shape index (κ1) is 12.9. The molecule has 0 saturated carbocycles. The van der Waals surface area contributed by atoms with Crippen LogP contribution in [0.25, 0.3) is 0 Å². The van der Waals surface area contributed by atoms with Gasteiger partial charge in [-0.05, 0) is 30.2 Å². The Hall–Kier alpha value is -1.10. The molecule has 0 aliphatic carbocycles. The minimum Gasteiger partial charge on any atom is -0.398 e. The van der Waals surface area contributed by atoms with E-state index < -0.39 is 0 Å². The van der Waals surface area contributed by atoms with Gasteiger partial charge in [-0.3, -0.25) is 9.80 Å². The number of hydrogen-bond donors (Lipinski definition) is 1. The van der Waals surface area contributed by atoms with Crippen LogP contribution in [0.1, 0.15) is 17.5 Å². The summed E-state index contributed by atoms with van der Waals surface area (Å²) < 4.78 is 5.37. The zero-order valence-corrected chi connectivity index (χ0v) is 11.5. The summed E-state index contributed by atoms with van der Waals surface area (Å²) in [5, 5.41) is 0. The lowest BCUT2D eigenvalue weighted by Gasteiger charge is -2.27. The first-order chi connectivity index (χ1) is 9.33. The molecule has 104 valence electrons. The van der Waals surface area contributed by atoms with Crippen LogP contribution in [0.2, 0.25) is 0 Å². The first-order valence-corrected chi connectivity index (χ1v) is 7.21. The summed E-state index contributed by atoms with van der Waals surface area (Å²) in [6, 6.07) is 6.27. The largest absolute Gasteiger partial charge is 0.398 e. The molecule has 0 spiro atoms. The molecule has 1 fully saturated rings. The predicted molar refractivity (Wildman–Crippen MR) is 76.8 cm³/mol. The van der Waals surface area contributed by atoms with Gasteiger partial charge in [0.25, 0.3) is 0 Å². The Morgan fingerprint density at radius 3 is 2.63 bits per heavy atom. The van der Waals surface area contributed by atoms with E-state index in [0.29, 0.717) is 0 Å². The quantitative estimate of drug-likeness (QED) is 0.830. The van der Waals surface area contributed by atoms with Crippen molar-refractivity contribution in [3.05, 3.63) is 29.3 Å². The molecule has 2 heterocycles. The molecule has 0 atom stereocenters. The van der Waals surface area contributed by atoms with Crippen molar-refractivity contribution in [2.45, 2.75) is 19.5 Å². The van der Waals surface area contributed by atoms with Gasteiger partial charge in [0.2, 0.25) is 0 Å². The molecule has 19 heavy (non-hydrogen) atoms. The lowest BCUT2D eigenvalue weighted by atomic mass is 10.1. The molecule has 2 N–H and O–H groups in total. The average Bonchev–Trinajstić information content (AvgIpc) is 2.84. The molecule has 1 saturated heterocycles. The van der Waals surface area contributed by atoms with Crippen LogP contribution in [0.3, 0.4) is 0 Å². The van der Waals surface area contributed by atoms with Gasteiger partial charge in [-0.25, -0.2) is 0 Å². The predicted octanol–water partition coefficient (Wildman–Crippen LogP) is 1.31. The molecule has 4 nitrogen and oxygen atoms in total. The van der Waals surface area contributed by atoms with E-state index in [1.807, 2.05) is 6.07 Å². The molecule has 0 unspecified atom stereocenters. The van der Waals surface area contributed by atoms with Crippen LogP contribution in [0.5, 0.6) is 0 Å². The standard InChI is InChI=1S/C15H23N3O/c16-15-4-1-3-13-11-18(12-14(13)15)6-2-5-17-7-9-19-10-8-17/h1,3-4H,2,5-12,16H2. The Morgan fingerprint density at radius 1 is 1.05 bits per heavy atom. The van der Waals surface area contributed by atoms with Gasteiger partial charge in [0, 0.05) is 38.4 Å². The molecule has 2 aliphatic heterocycles. The number of anilines is 1. The molecular formula is C15H23N3O. The van der Waals surface area contributed by atoms with Gasteiger partial charge in [-0.1, -0.05) is 12.1 Å². The summed E-state index contributed by atoms with van der Waals surface area (Å²) in [6.07, 6.45) is 1.23. The second kappa shape index (κ2) is 5.90. The van der Waals surface area contributed by atoms with E-state index in [9.17, 15) is 0 Å². The van der Waals surface area contributed by atoms with E-state index in [4.69, 9.17) is 10.5 Å². The summed E-state index contributed by atoms with van der Waals surface area (Å²) in [7, 11) is 0. The molecule has 3 rings (SSSR count). The average molecular weight is 261 g/mol.